The molecule has 3 N–H and O–H groups in total. The Morgan fingerprint density at radius 3 is 0.779 bits per heavy atom. The van der Waals surface area contributed by atoms with Crippen molar-refractivity contribution in [1.82, 2.24) is 4.98 Å². The maximum absolute atomic E-state index is 12.1. The smallest absolute Gasteiger partial charge is 0.508 e. The molecule has 0 unspecified atom stereocenters. The van der Waals surface area contributed by atoms with Gasteiger partial charge in [-0.2, -0.15) is 0 Å². The predicted octanol–water partition coefficient (Wildman–Crippen LogP) is 15.1. The van der Waals surface area contributed by atoms with E-state index < -0.39 is 40.7 Å². The fraction of sp³-hybridized carbons (Fsp3) is 0.229. The molecule has 0 amide bonds. The Hall–Kier alpha value is -10.6. The average molecular weight is 1370 g/mol. The van der Waals surface area contributed by atoms with E-state index >= 15 is 0 Å². The number of benzene rings is 7. The van der Waals surface area contributed by atoms with Crippen LogP contribution in [0.4, 0.5) is 28.8 Å². The van der Waals surface area contributed by atoms with Crippen LogP contribution in [0.1, 0.15) is 45.9 Å². The molecular weight excluding hydrogens is 1300 g/mol. The molecular formula is C70H70Cl3NO21. The van der Waals surface area contributed by atoms with Crippen LogP contribution in [0.2, 0.25) is 0 Å². The predicted molar refractivity (Wildman–Crippen MR) is 351 cm³/mol. The number of carbonyl (C=O) groups excluding carboxylic acids is 7. The van der Waals surface area contributed by atoms with Gasteiger partial charge in [0.15, 0.2) is 0 Å². The van der Waals surface area contributed by atoms with Crippen molar-refractivity contribution in [3.05, 3.63) is 239 Å². The van der Waals surface area contributed by atoms with E-state index in [1.54, 1.807) is 165 Å². The topological polar surface area (TPSA) is 295 Å². The first-order valence-electron chi connectivity index (χ1n) is 29.0. The largest absolute Gasteiger partial charge is 0.513 e. The number of rotatable bonds is 25. The number of aromatic nitrogens is 1. The molecule has 22 nitrogen and oxygen atoms in total. The van der Waals surface area contributed by atoms with Crippen molar-refractivity contribution in [3.63, 3.8) is 0 Å². The third-order valence-electron chi connectivity index (χ3n) is 12.2. The molecule has 0 fully saturated rings. The summed E-state index contributed by atoms with van der Waals surface area (Å²) < 4.78 is 54.7. The number of methoxy groups -OCH3 is 1. The molecule has 0 aliphatic carbocycles. The highest BCUT2D eigenvalue weighted by atomic mass is 35.5. The van der Waals surface area contributed by atoms with E-state index in [2.05, 4.69) is 32.9 Å². The Bertz CT molecular complexity index is 3430. The van der Waals surface area contributed by atoms with Gasteiger partial charge in [0.2, 0.25) is 0 Å². The molecule has 0 spiro atoms. The second kappa shape index (κ2) is 45.7. The summed E-state index contributed by atoms with van der Waals surface area (Å²) in [7, 11) is 1.60. The second-order valence-electron chi connectivity index (χ2n) is 19.3. The zero-order valence-corrected chi connectivity index (χ0v) is 54.0. The monoisotopic (exact) mass is 1370 g/mol. The number of ether oxygens (including phenoxy) is 11. The lowest BCUT2D eigenvalue weighted by Crippen LogP contribution is -2.13. The average Bonchev–Trinajstić information content (AvgIpc) is 3.63. The van der Waals surface area contributed by atoms with Crippen molar-refractivity contribution in [2.75, 3.05) is 53.4 Å². The van der Waals surface area contributed by atoms with Crippen molar-refractivity contribution in [1.29, 1.82) is 0 Å². The molecule has 502 valence electrons. The van der Waals surface area contributed by atoms with E-state index in [1.807, 2.05) is 42.5 Å². The first-order chi connectivity index (χ1) is 45.8. The summed E-state index contributed by atoms with van der Waals surface area (Å²) in [6.07, 6.45) is 4.00. The third-order valence-corrected chi connectivity index (χ3v) is 12.3. The molecule has 25 heteroatoms. The SMILES string of the molecule is COc1ccc(CCOC(=O)Oc2ccc(CCOC(=O)Oc3ccc(CCOC(=O)OCCc4ccc(OC(C)=O)cc4)cc3)cc2)cc1.O=C(Cl)Cl.O=C(Cl)OCCc1ccc(O)cc1.O=C(OCCc1ccc(O)cc1)OCCc1ccc(O)cc1.c1ccncc1. The summed E-state index contributed by atoms with van der Waals surface area (Å²) in [4.78, 5) is 81.4. The molecule has 8 aromatic rings. The Labute approximate surface area is 563 Å². The van der Waals surface area contributed by atoms with Gasteiger partial charge in [0.1, 0.15) is 40.2 Å². The molecule has 0 atom stereocenters. The fourth-order valence-corrected chi connectivity index (χ4v) is 7.61. The van der Waals surface area contributed by atoms with Gasteiger partial charge in [0.05, 0.1) is 53.4 Å². The van der Waals surface area contributed by atoms with Crippen molar-refractivity contribution in [3.8, 4) is 40.2 Å². The van der Waals surface area contributed by atoms with Crippen LogP contribution in [0.25, 0.3) is 0 Å². The van der Waals surface area contributed by atoms with Crippen LogP contribution in [0.15, 0.2) is 200 Å². The minimum atomic E-state index is -0.889. The maximum atomic E-state index is 12.1. The zero-order chi connectivity index (χ0) is 68.8. The highest BCUT2D eigenvalue weighted by Gasteiger charge is 2.11. The molecule has 95 heavy (non-hydrogen) atoms. The Balaban J connectivity index is 0.000000343. The zero-order valence-electron chi connectivity index (χ0n) is 51.7. The number of nitrogens with zero attached hydrogens (tertiary/aromatic N) is 1. The van der Waals surface area contributed by atoms with Crippen LogP contribution < -0.4 is 18.9 Å². The fourth-order valence-electron chi connectivity index (χ4n) is 7.53. The van der Waals surface area contributed by atoms with Gasteiger partial charge in [-0.1, -0.05) is 91.0 Å². The lowest BCUT2D eigenvalue weighted by atomic mass is 10.1. The number of pyridine rings is 1. The highest BCUT2D eigenvalue weighted by molar-refractivity contribution is 6.93. The van der Waals surface area contributed by atoms with Gasteiger partial charge in [0, 0.05) is 75.9 Å². The van der Waals surface area contributed by atoms with Crippen LogP contribution in [0.3, 0.4) is 0 Å². The summed E-state index contributed by atoms with van der Waals surface area (Å²) in [6.45, 7) is 2.55. The highest BCUT2D eigenvalue weighted by Crippen LogP contribution is 2.19. The molecule has 7 aromatic carbocycles. The third kappa shape index (κ3) is 37.5. The lowest BCUT2D eigenvalue weighted by molar-refractivity contribution is -0.131. The molecule has 8 rings (SSSR count). The van der Waals surface area contributed by atoms with Crippen LogP contribution in [-0.4, -0.2) is 114 Å². The van der Waals surface area contributed by atoms with E-state index in [4.69, 9.17) is 79.1 Å². The van der Waals surface area contributed by atoms with Gasteiger partial charge in [-0.15, -0.1) is 0 Å². The molecule has 0 radical (unpaired) electrons. The van der Waals surface area contributed by atoms with E-state index in [-0.39, 0.29) is 63.5 Å². The molecule has 0 aliphatic heterocycles. The second-order valence-corrected chi connectivity index (χ2v) is 20.4. The van der Waals surface area contributed by atoms with Gasteiger partial charge in [-0.25, -0.2) is 24.0 Å². The summed E-state index contributed by atoms with van der Waals surface area (Å²) in [5, 5.41) is 27.3. The quantitative estimate of drug-likeness (QED) is 0.0157. The summed E-state index contributed by atoms with van der Waals surface area (Å²) >= 11 is 13.8. The summed E-state index contributed by atoms with van der Waals surface area (Å²) in [6, 6.07) is 53.7. The standard InChI is InChI=1S/C38H38O12.C17H18O5.C9H9ClO3.C5H5N.CCl2O/c1-27(39)48-33-13-5-29(6-14-33)19-23-44-36(40)45-24-20-30-7-15-34(16-8-30)49-38(42)47-26-22-31-9-17-35(18-10-31)50-37(41)46-25-21-28-3-11-32(43-2)12-4-28;18-15-5-1-13(2-6-15)9-11-21-17(20)22-12-10-14-3-7-16(19)8-4-14;10-9(12)13-6-5-7-1-3-8(11)4-2-7;1-2-4-6-5-3-1;2-1(3)4/h3-18H,19-26H2,1-2H3;1-8,18-19H,9-12H2;1-4,11H,5-6H2;1-5H;. The lowest BCUT2D eigenvalue weighted by Gasteiger charge is -2.09. The van der Waals surface area contributed by atoms with Crippen molar-refractivity contribution < 1.29 is 101 Å². The summed E-state index contributed by atoms with van der Waals surface area (Å²) in [5.41, 5.74) is 5.76. The van der Waals surface area contributed by atoms with Crippen LogP contribution >= 0.6 is 34.8 Å². The molecule has 0 saturated carbocycles. The van der Waals surface area contributed by atoms with Crippen molar-refractivity contribution in [2.24, 2.45) is 0 Å². The van der Waals surface area contributed by atoms with Gasteiger partial charge >= 0.3 is 40.7 Å². The molecule has 1 heterocycles. The Morgan fingerprint density at radius 2 is 0.558 bits per heavy atom. The number of esters is 1. The molecule has 1 aromatic heterocycles. The van der Waals surface area contributed by atoms with E-state index in [0.29, 0.717) is 62.2 Å². The first-order valence-corrected chi connectivity index (χ1v) is 30.2. The Morgan fingerprint density at radius 1 is 0.326 bits per heavy atom. The summed E-state index contributed by atoms with van der Waals surface area (Å²) in [5.74, 6) is 2.08. The molecule has 0 saturated heterocycles. The molecule has 0 bridgehead atoms. The number of aromatic hydroxyl groups is 3. The minimum absolute atomic E-state index is 0.0837. The van der Waals surface area contributed by atoms with Crippen molar-refractivity contribution in [2.45, 2.75) is 51.9 Å². The van der Waals surface area contributed by atoms with Gasteiger partial charge < -0.3 is 67.4 Å². The van der Waals surface area contributed by atoms with E-state index in [9.17, 15) is 28.8 Å². The number of carbonyl (C=O) groups is 7. The van der Waals surface area contributed by atoms with Crippen LogP contribution in [0, 0.1) is 0 Å². The normalized spacial score (nSPS) is 9.91. The van der Waals surface area contributed by atoms with E-state index in [0.717, 1.165) is 44.7 Å². The minimum Gasteiger partial charge on any atom is -0.508 e. The maximum Gasteiger partial charge on any atom is 0.513 e. The molecule has 0 aliphatic rings. The Kier molecular flexibility index (Phi) is 37.0. The number of hydrogen-bond donors (Lipinski definition) is 3. The number of phenolic OH excluding ortho intramolecular Hbond substituents is 3. The first kappa shape index (κ1) is 76.9. The number of halogens is 3. The number of hydrogen-bond acceptors (Lipinski definition) is 22. The van der Waals surface area contributed by atoms with E-state index in [1.165, 1.54) is 6.92 Å². The van der Waals surface area contributed by atoms with Gasteiger partial charge in [-0.3, -0.25) is 14.6 Å². The van der Waals surface area contributed by atoms with Gasteiger partial charge in [0.25, 0.3) is 0 Å². The van der Waals surface area contributed by atoms with Crippen molar-refractivity contribution >= 4 is 75.5 Å². The van der Waals surface area contributed by atoms with Crippen LogP contribution in [0.5, 0.6) is 40.2 Å². The van der Waals surface area contributed by atoms with Crippen LogP contribution in [-0.2, 0) is 82.9 Å². The van der Waals surface area contributed by atoms with Gasteiger partial charge in [-0.05, 0) is 159 Å². The number of phenols is 3.